The Labute approximate surface area is 147 Å². The summed E-state index contributed by atoms with van der Waals surface area (Å²) in [4.78, 5) is 24.5. The van der Waals surface area contributed by atoms with Crippen LogP contribution < -0.4 is 5.32 Å². The Kier molecular flexibility index (Phi) is 3.95. The van der Waals surface area contributed by atoms with Crippen LogP contribution in [0.15, 0.2) is 59.1 Å². The number of carbonyl (C=O) groups is 1. The van der Waals surface area contributed by atoms with Gasteiger partial charge in [0.15, 0.2) is 5.82 Å². The van der Waals surface area contributed by atoms with Gasteiger partial charge in [0.05, 0.1) is 17.7 Å². The van der Waals surface area contributed by atoms with Gasteiger partial charge in [0.2, 0.25) is 0 Å². The molecule has 3 aromatic rings. The molecule has 1 aliphatic heterocycles. The third-order valence-electron chi connectivity index (χ3n) is 3.58. The number of hydrogen-bond donors (Lipinski definition) is 2. The minimum absolute atomic E-state index is 0.609. The van der Waals surface area contributed by atoms with Crippen LogP contribution in [0.25, 0.3) is 6.08 Å². The molecule has 0 atom stereocenters. The lowest BCUT2D eigenvalue weighted by Crippen LogP contribution is -2.05. The SMILES string of the molecule is O=C(O)C=Cc1cn(Cc2ccc3c(c2)Nc2nccnc2S3)cn1. The standard InChI is InChI=1S/C17H13N5O2S/c23-15(24)4-2-12-9-22(10-20-12)8-11-1-3-14-13(7-11)21-16-17(25-14)19-6-5-18-16/h1-7,9-10H,8H2,(H,18,21)(H,23,24). The van der Waals surface area contributed by atoms with Crippen molar-refractivity contribution in [3.05, 3.63) is 60.5 Å². The van der Waals surface area contributed by atoms with Gasteiger partial charge in [0.1, 0.15) is 5.03 Å². The number of anilines is 2. The van der Waals surface area contributed by atoms with Crippen LogP contribution in [0.4, 0.5) is 11.5 Å². The minimum Gasteiger partial charge on any atom is -0.478 e. The van der Waals surface area contributed by atoms with Crippen LogP contribution in [-0.4, -0.2) is 30.6 Å². The summed E-state index contributed by atoms with van der Waals surface area (Å²) >= 11 is 1.59. The lowest BCUT2D eigenvalue weighted by molar-refractivity contribution is -0.131. The molecule has 3 heterocycles. The van der Waals surface area contributed by atoms with Crippen molar-refractivity contribution in [2.45, 2.75) is 16.5 Å². The Bertz CT molecular complexity index is 983. The van der Waals surface area contributed by atoms with Gasteiger partial charge in [-0.2, -0.15) is 0 Å². The summed E-state index contributed by atoms with van der Waals surface area (Å²) in [6.07, 6.45) is 9.39. The molecule has 4 rings (SSSR count). The largest absolute Gasteiger partial charge is 0.478 e. The third-order valence-corrected chi connectivity index (χ3v) is 4.65. The number of nitrogens with zero attached hydrogens (tertiary/aromatic N) is 4. The molecule has 0 fully saturated rings. The highest BCUT2D eigenvalue weighted by Gasteiger charge is 2.17. The molecule has 1 aromatic carbocycles. The van der Waals surface area contributed by atoms with Crippen molar-refractivity contribution >= 4 is 35.3 Å². The van der Waals surface area contributed by atoms with Crippen molar-refractivity contribution in [1.82, 2.24) is 19.5 Å². The number of aliphatic carboxylic acids is 1. The molecule has 25 heavy (non-hydrogen) atoms. The van der Waals surface area contributed by atoms with Crippen molar-refractivity contribution in [3.63, 3.8) is 0 Å². The second-order valence-electron chi connectivity index (χ2n) is 5.41. The van der Waals surface area contributed by atoms with E-state index in [9.17, 15) is 4.79 Å². The van der Waals surface area contributed by atoms with E-state index in [2.05, 4.69) is 38.5 Å². The zero-order valence-corrected chi connectivity index (χ0v) is 13.8. The zero-order chi connectivity index (χ0) is 17.2. The highest BCUT2D eigenvalue weighted by atomic mass is 32.2. The Morgan fingerprint density at radius 3 is 3.04 bits per heavy atom. The average Bonchev–Trinajstić information content (AvgIpc) is 3.05. The van der Waals surface area contributed by atoms with Crippen molar-refractivity contribution in [2.24, 2.45) is 0 Å². The predicted octanol–water partition coefficient (Wildman–Crippen LogP) is 3.03. The third kappa shape index (κ3) is 3.38. The summed E-state index contributed by atoms with van der Waals surface area (Å²) in [6.45, 7) is 0.640. The number of rotatable bonds is 4. The molecule has 124 valence electrons. The maximum absolute atomic E-state index is 10.6. The number of hydrogen-bond acceptors (Lipinski definition) is 6. The van der Waals surface area contributed by atoms with Crippen LogP contribution in [0.5, 0.6) is 0 Å². The van der Waals surface area contributed by atoms with Crippen molar-refractivity contribution < 1.29 is 9.90 Å². The highest BCUT2D eigenvalue weighted by Crippen LogP contribution is 2.42. The van der Waals surface area contributed by atoms with E-state index in [0.717, 1.165) is 33.1 Å². The van der Waals surface area contributed by atoms with E-state index in [4.69, 9.17) is 5.11 Å². The van der Waals surface area contributed by atoms with Gasteiger partial charge in [0.25, 0.3) is 0 Å². The number of benzene rings is 1. The highest BCUT2D eigenvalue weighted by molar-refractivity contribution is 7.99. The summed E-state index contributed by atoms with van der Waals surface area (Å²) in [6, 6.07) is 6.19. The quantitative estimate of drug-likeness (QED) is 0.546. The molecule has 0 radical (unpaired) electrons. The molecule has 8 heteroatoms. The number of carboxylic acids is 1. The van der Waals surface area contributed by atoms with Gasteiger partial charge in [-0.3, -0.25) is 0 Å². The second-order valence-corrected chi connectivity index (χ2v) is 6.44. The predicted molar refractivity (Wildman–Crippen MR) is 93.9 cm³/mol. The molecule has 0 unspecified atom stereocenters. The van der Waals surface area contributed by atoms with E-state index >= 15 is 0 Å². The first-order valence-corrected chi connectivity index (χ1v) is 8.30. The number of fused-ring (bicyclic) bond motifs is 2. The minimum atomic E-state index is -0.990. The van der Waals surface area contributed by atoms with E-state index in [1.54, 1.807) is 30.5 Å². The van der Waals surface area contributed by atoms with Crippen LogP contribution in [0.3, 0.4) is 0 Å². The molecule has 7 nitrogen and oxygen atoms in total. The number of carboxylic acid groups (broad SMARTS) is 1. The summed E-state index contributed by atoms with van der Waals surface area (Å²) in [5.74, 6) is -0.225. The van der Waals surface area contributed by atoms with E-state index < -0.39 is 5.97 Å². The fraction of sp³-hybridized carbons (Fsp3) is 0.0588. The van der Waals surface area contributed by atoms with Crippen LogP contribution in [0, 0.1) is 0 Å². The second kappa shape index (κ2) is 6.40. The van der Waals surface area contributed by atoms with E-state index in [0.29, 0.717) is 12.2 Å². The van der Waals surface area contributed by atoms with Crippen LogP contribution in [0.1, 0.15) is 11.3 Å². The maximum Gasteiger partial charge on any atom is 0.328 e. The smallest absolute Gasteiger partial charge is 0.328 e. The molecule has 0 saturated carbocycles. The summed E-state index contributed by atoms with van der Waals surface area (Å²) in [5.41, 5.74) is 2.71. The van der Waals surface area contributed by atoms with E-state index in [-0.39, 0.29) is 0 Å². The maximum atomic E-state index is 10.6. The molecular weight excluding hydrogens is 338 g/mol. The molecule has 0 bridgehead atoms. The van der Waals surface area contributed by atoms with Gasteiger partial charge in [0, 0.05) is 36.1 Å². The molecule has 0 amide bonds. The molecule has 2 N–H and O–H groups in total. The first-order chi connectivity index (χ1) is 12.2. The Morgan fingerprint density at radius 2 is 2.16 bits per heavy atom. The van der Waals surface area contributed by atoms with Crippen molar-refractivity contribution in [3.8, 4) is 0 Å². The molecule has 0 spiro atoms. The van der Waals surface area contributed by atoms with Gasteiger partial charge >= 0.3 is 5.97 Å². The van der Waals surface area contributed by atoms with Crippen LogP contribution >= 0.6 is 11.8 Å². The zero-order valence-electron chi connectivity index (χ0n) is 13.0. The van der Waals surface area contributed by atoms with Crippen LogP contribution in [0.2, 0.25) is 0 Å². The first kappa shape index (κ1) is 15.4. The lowest BCUT2D eigenvalue weighted by atomic mass is 10.2. The molecule has 0 aliphatic carbocycles. The Balaban J connectivity index is 1.53. The van der Waals surface area contributed by atoms with Crippen molar-refractivity contribution in [1.29, 1.82) is 0 Å². The van der Waals surface area contributed by atoms with Gasteiger partial charge in [-0.05, 0) is 23.8 Å². The number of aromatic nitrogens is 4. The van der Waals surface area contributed by atoms with Gasteiger partial charge in [-0.25, -0.2) is 19.7 Å². The summed E-state index contributed by atoms with van der Waals surface area (Å²) in [5, 5.41) is 12.8. The normalized spacial score (nSPS) is 12.5. The Morgan fingerprint density at radius 1 is 1.28 bits per heavy atom. The van der Waals surface area contributed by atoms with Gasteiger partial charge in [-0.1, -0.05) is 17.8 Å². The summed E-state index contributed by atoms with van der Waals surface area (Å²) in [7, 11) is 0. The lowest BCUT2D eigenvalue weighted by Gasteiger charge is -2.19. The molecule has 0 saturated heterocycles. The van der Waals surface area contributed by atoms with Gasteiger partial charge in [-0.15, -0.1) is 0 Å². The number of imidazole rings is 1. The Hall–Kier alpha value is -3.13. The first-order valence-electron chi connectivity index (χ1n) is 7.49. The molecule has 1 aliphatic rings. The topological polar surface area (TPSA) is 92.9 Å². The van der Waals surface area contributed by atoms with Crippen LogP contribution in [-0.2, 0) is 11.3 Å². The molecular formula is C17H13N5O2S. The average molecular weight is 351 g/mol. The monoisotopic (exact) mass is 351 g/mol. The fourth-order valence-electron chi connectivity index (χ4n) is 2.50. The van der Waals surface area contributed by atoms with E-state index in [1.165, 1.54) is 6.08 Å². The van der Waals surface area contributed by atoms with Gasteiger partial charge < -0.3 is 15.0 Å². The van der Waals surface area contributed by atoms with E-state index in [1.807, 2.05) is 10.8 Å². The molecule has 2 aromatic heterocycles. The fourth-order valence-corrected chi connectivity index (χ4v) is 3.38. The number of nitrogens with one attached hydrogen (secondary N) is 1. The van der Waals surface area contributed by atoms with Crippen molar-refractivity contribution in [2.75, 3.05) is 5.32 Å². The summed E-state index contributed by atoms with van der Waals surface area (Å²) < 4.78 is 1.91.